The summed E-state index contributed by atoms with van der Waals surface area (Å²) in [5.74, 6) is -0.671. The number of esters is 1. The first kappa shape index (κ1) is 23.3. The zero-order valence-corrected chi connectivity index (χ0v) is 18.8. The lowest BCUT2D eigenvalue weighted by Crippen LogP contribution is -2.48. The van der Waals surface area contributed by atoms with Crippen molar-refractivity contribution in [2.45, 2.75) is 62.8 Å². The first-order chi connectivity index (χ1) is 14.4. The van der Waals surface area contributed by atoms with Crippen molar-refractivity contribution in [3.05, 3.63) is 18.2 Å². The standard InChI is InChI=1S/C20H28N2O8S/c1-12(18(24)21-20(2,3)4)30-19(25)15-9-13(23)11-22(15)31(26,27)14-5-6-16-17(10-14)29-8-7-28-16/h5-6,10,12-13,15,23H,7-9,11H2,1-4H3,(H,21,24)/t12-,13-,15+/m0/s1. The fraction of sp³-hybridized carbons (Fsp3) is 0.600. The second kappa shape index (κ2) is 8.64. The molecule has 3 atom stereocenters. The van der Waals surface area contributed by atoms with Gasteiger partial charge in [0.2, 0.25) is 10.0 Å². The third kappa shape index (κ3) is 5.28. The van der Waals surface area contributed by atoms with Crippen molar-refractivity contribution >= 4 is 21.9 Å². The second-order valence-electron chi connectivity index (χ2n) is 8.60. The molecule has 10 nitrogen and oxygen atoms in total. The Morgan fingerprint density at radius 2 is 1.87 bits per heavy atom. The number of β-amino-alcohol motifs (C(OH)–C–C–N with tert-alkyl or cyclic N) is 1. The Balaban J connectivity index is 1.78. The molecule has 2 heterocycles. The van der Waals surface area contributed by atoms with E-state index in [-0.39, 0.29) is 17.9 Å². The van der Waals surface area contributed by atoms with Crippen molar-refractivity contribution < 1.29 is 37.3 Å². The summed E-state index contributed by atoms with van der Waals surface area (Å²) >= 11 is 0. The third-order valence-electron chi connectivity index (χ3n) is 4.79. The summed E-state index contributed by atoms with van der Waals surface area (Å²) in [5.41, 5.74) is -0.519. The van der Waals surface area contributed by atoms with Crippen LogP contribution in [0.3, 0.4) is 0 Å². The Hall–Kier alpha value is -2.37. The molecule has 0 spiro atoms. The van der Waals surface area contributed by atoms with E-state index < -0.39 is 45.7 Å². The van der Waals surface area contributed by atoms with Crippen LogP contribution in [-0.2, 0) is 24.3 Å². The van der Waals surface area contributed by atoms with E-state index in [1.54, 1.807) is 20.8 Å². The highest BCUT2D eigenvalue weighted by Crippen LogP contribution is 2.35. The van der Waals surface area contributed by atoms with Crippen LogP contribution in [0.1, 0.15) is 34.1 Å². The molecule has 0 unspecified atom stereocenters. The van der Waals surface area contributed by atoms with E-state index in [0.717, 1.165) is 4.31 Å². The minimum atomic E-state index is -4.15. The number of rotatable bonds is 5. The third-order valence-corrected chi connectivity index (χ3v) is 6.66. The minimum Gasteiger partial charge on any atom is -0.486 e. The first-order valence-corrected chi connectivity index (χ1v) is 11.4. The van der Waals surface area contributed by atoms with Gasteiger partial charge in [-0.15, -0.1) is 0 Å². The number of carbonyl (C=O) groups excluding carboxylic acids is 2. The number of fused-ring (bicyclic) bond motifs is 1. The maximum absolute atomic E-state index is 13.2. The molecule has 172 valence electrons. The molecule has 0 aromatic heterocycles. The van der Waals surface area contributed by atoms with Gasteiger partial charge in [0.25, 0.3) is 5.91 Å². The fourth-order valence-electron chi connectivity index (χ4n) is 3.36. The molecule has 1 fully saturated rings. The summed E-state index contributed by atoms with van der Waals surface area (Å²) in [6, 6.07) is 2.92. The Morgan fingerprint density at radius 3 is 2.52 bits per heavy atom. The van der Waals surface area contributed by atoms with E-state index >= 15 is 0 Å². The van der Waals surface area contributed by atoms with E-state index in [1.165, 1.54) is 25.1 Å². The van der Waals surface area contributed by atoms with E-state index in [9.17, 15) is 23.1 Å². The molecule has 1 aromatic carbocycles. The van der Waals surface area contributed by atoms with E-state index in [4.69, 9.17) is 14.2 Å². The van der Waals surface area contributed by atoms with Crippen molar-refractivity contribution in [2.24, 2.45) is 0 Å². The molecule has 1 saturated heterocycles. The zero-order chi connectivity index (χ0) is 23.0. The van der Waals surface area contributed by atoms with Gasteiger partial charge in [-0.05, 0) is 39.8 Å². The number of amides is 1. The summed E-state index contributed by atoms with van der Waals surface area (Å²) in [4.78, 5) is 24.8. The van der Waals surface area contributed by atoms with Gasteiger partial charge in [0.05, 0.1) is 11.0 Å². The van der Waals surface area contributed by atoms with Crippen LogP contribution >= 0.6 is 0 Å². The molecule has 3 rings (SSSR count). The molecule has 1 aromatic rings. The van der Waals surface area contributed by atoms with Crippen LogP contribution in [0.15, 0.2) is 23.1 Å². The predicted molar refractivity (Wildman–Crippen MR) is 109 cm³/mol. The highest BCUT2D eigenvalue weighted by atomic mass is 32.2. The van der Waals surface area contributed by atoms with Crippen LogP contribution in [0.2, 0.25) is 0 Å². The van der Waals surface area contributed by atoms with Gasteiger partial charge in [0.1, 0.15) is 19.3 Å². The van der Waals surface area contributed by atoms with Gasteiger partial charge >= 0.3 is 5.97 Å². The van der Waals surface area contributed by atoms with Gasteiger partial charge in [0.15, 0.2) is 17.6 Å². The number of nitrogens with zero attached hydrogens (tertiary/aromatic N) is 1. The zero-order valence-electron chi connectivity index (χ0n) is 18.0. The maximum atomic E-state index is 13.2. The second-order valence-corrected chi connectivity index (χ2v) is 10.5. The Morgan fingerprint density at radius 1 is 1.23 bits per heavy atom. The van der Waals surface area contributed by atoms with Crippen molar-refractivity contribution in [3.8, 4) is 11.5 Å². The number of aliphatic hydroxyl groups is 1. The average Bonchev–Trinajstić information content (AvgIpc) is 3.09. The lowest BCUT2D eigenvalue weighted by molar-refractivity contribution is -0.158. The van der Waals surface area contributed by atoms with Crippen LogP contribution in [0.5, 0.6) is 11.5 Å². The smallest absolute Gasteiger partial charge is 0.325 e. The molecule has 2 aliphatic rings. The molecule has 11 heteroatoms. The molecule has 0 bridgehead atoms. The van der Waals surface area contributed by atoms with E-state index in [0.29, 0.717) is 24.7 Å². The fourth-order valence-corrected chi connectivity index (χ4v) is 5.00. The highest BCUT2D eigenvalue weighted by Gasteiger charge is 2.45. The van der Waals surface area contributed by atoms with Crippen LogP contribution < -0.4 is 14.8 Å². The summed E-state index contributed by atoms with van der Waals surface area (Å²) in [6.45, 7) is 7.16. The number of hydrogen-bond acceptors (Lipinski definition) is 8. The maximum Gasteiger partial charge on any atom is 0.325 e. The van der Waals surface area contributed by atoms with Crippen molar-refractivity contribution in [1.29, 1.82) is 0 Å². The number of ether oxygens (including phenoxy) is 3. The molecule has 0 radical (unpaired) electrons. The van der Waals surface area contributed by atoms with Crippen LogP contribution in [0, 0.1) is 0 Å². The van der Waals surface area contributed by atoms with Crippen LogP contribution in [0.4, 0.5) is 0 Å². The van der Waals surface area contributed by atoms with Gasteiger partial charge in [-0.25, -0.2) is 8.42 Å². The van der Waals surface area contributed by atoms with Crippen molar-refractivity contribution in [1.82, 2.24) is 9.62 Å². The lowest BCUT2D eigenvalue weighted by atomic mass is 10.1. The quantitative estimate of drug-likeness (QED) is 0.610. The molecule has 2 N–H and O–H groups in total. The molecule has 2 aliphatic heterocycles. The van der Waals surface area contributed by atoms with Crippen LogP contribution in [-0.4, -0.2) is 73.3 Å². The largest absolute Gasteiger partial charge is 0.486 e. The lowest BCUT2D eigenvalue weighted by Gasteiger charge is -2.26. The van der Waals surface area contributed by atoms with Gasteiger partial charge in [-0.2, -0.15) is 4.31 Å². The minimum absolute atomic E-state index is 0.0952. The number of sulfonamides is 1. The normalized spacial score (nSPS) is 22.6. The van der Waals surface area contributed by atoms with Crippen molar-refractivity contribution in [3.63, 3.8) is 0 Å². The van der Waals surface area contributed by atoms with Gasteiger partial charge in [-0.1, -0.05) is 0 Å². The number of carbonyl (C=O) groups is 2. The summed E-state index contributed by atoms with van der Waals surface area (Å²) in [5, 5.41) is 12.8. The number of hydrogen-bond donors (Lipinski definition) is 2. The topological polar surface area (TPSA) is 131 Å². The van der Waals surface area contributed by atoms with Gasteiger partial charge in [0, 0.05) is 24.6 Å². The van der Waals surface area contributed by atoms with Gasteiger partial charge in [-0.3, -0.25) is 9.59 Å². The average molecular weight is 457 g/mol. The Kier molecular flexibility index (Phi) is 6.49. The molecule has 0 aliphatic carbocycles. The van der Waals surface area contributed by atoms with Crippen molar-refractivity contribution in [2.75, 3.05) is 19.8 Å². The number of aliphatic hydroxyl groups excluding tert-OH is 1. The summed E-state index contributed by atoms with van der Waals surface area (Å²) in [6.07, 6.45) is -2.29. The molecular weight excluding hydrogens is 428 g/mol. The number of nitrogens with one attached hydrogen (secondary N) is 1. The number of benzene rings is 1. The van der Waals surface area contributed by atoms with E-state index in [1.807, 2.05) is 0 Å². The predicted octanol–water partition coefficient (Wildman–Crippen LogP) is 0.428. The first-order valence-electron chi connectivity index (χ1n) is 10.0. The summed E-state index contributed by atoms with van der Waals surface area (Å²) in [7, 11) is -4.15. The SMILES string of the molecule is C[C@H](OC(=O)[C@H]1C[C@H](O)CN1S(=O)(=O)c1ccc2c(c1)OCCO2)C(=O)NC(C)(C)C. The summed E-state index contributed by atoms with van der Waals surface area (Å²) < 4.78 is 43.4. The Bertz CT molecular complexity index is 956. The molecule has 0 saturated carbocycles. The molecule has 31 heavy (non-hydrogen) atoms. The molecular formula is C20H28N2O8S. The molecule has 1 amide bonds. The van der Waals surface area contributed by atoms with E-state index in [2.05, 4.69) is 5.32 Å². The highest BCUT2D eigenvalue weighted by molar-refractivity contribution is 7.89. The monoisotopic (exact) mass is 456 g/mol. The van der Waals surface area contributed by atoms with Gasteiger partial charge < -0.3 is 24.6 Å². The Labute approximate surface area is 181 Å². The van der Waals surface area contributed by atoms with Crippen LogP contribution in [0.25, 0.3) is 0 Å².